The molecular formula is C18H21N3O4. The van der Waals surface area contributed by atoms with Crippen LogP contribution in [0.15, 0.2) is 41.2 Å². The van der Waals surface area contributed by atoms with Crippen molar-refractivity contribution in [3.8, 4) is 0 Å². The molecule has 1 aromatic heterocycles. The van der Waals surface area contributed by atoms with E-state index in [1.807, 2.05) is 6.92 Å². The smallest absolute Gasteiger partial charge is 0.338 e. The van der Waals surface area contributed by atoms with Crippen molar-refractivity contribution in [3.63, 3.8) is 0 Å². The maximum Gasteiger partial charge on any atom is 0.338 e. The lowest BCUT2D eigenvalue weighted by atomic mass is 10.2. The summed E-state index contributed by atoms with van der Waals surface area (Å²) in [6.45, 7) is 5.92. The molecule has 0 saturated carbocycles. The lowest BCUT2D eigenvalue weighted by molar-refractivity contribution is 0.0378. The van der Waals surface area contributed by atoms with Crippen LogP contribution in [-0.4, -0.2) is 27.8 Å². The van der Waals surface area contributed by atoms with Gasteiger partial charge in [-0.05, 0) is 50.6 Å². The number of aromatic nitrogens is 2. The Kier molecular flexibility index (Phi) is 6.05. The SMILES string of the molecule is CCCn1nc(C(=O)Nc2ccc(C(=O)OC(C)C)cc2)ccc1=O. The van der Waals surface area contributed by atoms with E-state index in [0.29, 0.717) is 17.8 Å². The molecule has 1 N–H and O–H groups in total. The molecule has 0 saturated heterocycles. The van der Waals surface area contributed by atoms with Gasteiger partial charge in [0.05, 0.1) is 11.7 Å². The Balaban J connectivity index is 2.09. The molecule has 0 unspecified atom stereocenters. The van der Waals surface area contributed by atoms with Gasteiger partial charge in [-0.15, -0.1) is 0 Å². The fourth-order valence-electron chi connectivity index (χ4n) is 2.11. The van der Waals surface area contributed by atoms with E-state index in [-0.39, 0.29) is 17.4 Å². The van der Waals surface area contributed by atoms with Crippen molar-refractivity contribution in [3.05, 3.63) is 58.0 Å². The highest BCUT2D eigenvalue weighted by atomic mass is 16.5. The number of hydrogen-bond acceptors (Lipinski definition) is 5. The monoisotopic (exact) mass is 343 g/mol. The number of esters is 1. The number of nitrogens with one attached hydrogen (secondary N) is 1. The Hall–Kier alpha value is -2.96. The fraction of sp³-hybridized carbons (Fsp3) is 0.333. The number of amides is 1. The minimum absolute atomic E-state index is 0.149. The van der Waals surface area contributed by atoms with Gasteiger partial charge in [-0.3, -0.25) is 9.59 Å². The summed E-state index contributed by atoms with van der Waals surface area (Å²) in [6, 6.07) is 9.08. The third kappa shape index (κ3) is 5.00. The second kappa shape index (κ2) is 8.23. The highest BCUT2D eigenvalue weighted by molar-refractivity contribution is 6.03. The van der Waals surface area contributed by atoms with Gasteiger partial charge < -0.3 is 10.1 Å². The van der Waals surface area contributed by atoms with Crippen LogP contribution in [0.5, 0.6) is 0 Å². The first-order valence-electron chi connectivity index (χ1n) is 8.11. The van der Waals surface area contributed by atoms with E-state index < -0.39 is 11.9 Å². The van der Waals surface area contributed by atoms with Crippen molar-refractivity contribution in [2.45, 2.75) is 39.8 Å². The van der Waals surface area contributed by atoms with Gasteiger partial charge in [-0.1, -0.05) is 6.92 Å². The molecule has 0 aliphatic carbocycles. The lowest BCUT2D eigenvalue weighted by Gasteiger charge is -2.09. The standard InChI is InChI=1S/C18H21N3O4/c1-4-11-21-16(22)10-9-15(20-21)17(23)19-14-7-5-13(6-8-14)18(24)25-12(2)3/h5-10,12H,4,11H2,1-3H3,(H,19,23). The number of carbonyl (C=O) groups is 2. The molecule has 1 amide bonds. The second-order valence-electron chi connectivity index (χ2n) is 5.77. The average Bonchev–Trinajstić information content (AvgIpc) is 2.57. The number of nitrogens with zero attached hydrogens (tertiary/aromatic N) is 2. The lowest BCUT2D eigenvalue weighted by Crippen LogP contribution is -2.26. The van der Waals surface area contributed by atoms with Crippen LogP contribution in [-0.2, 0) is 11.3 Å². The third-order valence-electron chi connectivity index (χ3n) is 3.26. The van der Waals surface area contributed by atoms with E-state index in [4.69, 9.17) is 4.74 Å². The first-order chi connectivity index (χ1) is 11.9. The molecule has 132 valence electrons. The summed E-state index contributed by atoms with van der Waals surface area (Å²) in [5, 5.41) is 6.74. The Morgan fingerprint density at radius 1 is 1.16 bits per heavy atom. The quantitative estimate of drug-likeness (QED) is 0.814. The topological polar surface area (TPSA) is 90.3 Å². The molecule has 0 aliphatic heterocycles. The minimum atomic E-state index is -0.428. The van der Waals surface area contributed by atoms with E-state index in [9.17, 15) is 14.4 Å². The summed E-state index contributed by atoms with van der Waals surface area (Å²) in [6.07, 6.45) is 0.545. The van der Waals surface area contributed by atoms with Crippen LogP contribution in [0.2, 0.25) is 0 Å². The van der Waals surface area contributed by atoms with Crippen LogP contribution in [0.3, 0.4) is 0 Å². The zero-order chi connectivity index (χ0) is 18.4. The molecule has 0 spiro atoms. The van der Waals surface area contributed by atoms with Gasteiger partial charge in [-0.2, -0.15) is 5.10 Å². The first-order valence-corrected chi connectivity index (χ1v) is 8.11. The first kappa shape index (κ1) is 18.4. The zero-order valence-electron chi connectivity index (χ0n) is 14.5. The second-order valence-corrected chi connectivity index (χ2v) is 5.77. The maximum absolute atomic E-state index is 12.3. The van der Waals surface area contributed by atoms with Crippen molar-refractivity contribution in [1.82, 2.24) is 9.78 Å². The van der Waals surface area contributed by atoms with Gasteiger partial charge in [0, 0.05) is 18.3 Å². The van der Waals surface area contributed by atoms with Crippen LogP contribution in [0, 0.1) is 0 Å². The van der Waals surface area contributed by atoms with Crippen molar-refractivity contribution in [1.29, 1.82) is 0 Å². The summed E-state index contributed by atoms with van der Waals surface area (Å²) >= 11 is 0. The van der Waals surface area contributed by atoms with Gasteiger partial charge in [0.15, 0.2) is 0 Å². The Morgan fingerprint density at radius 3 is 2.44 bits per heavy atom. The van der Waals surface area contributed by atoms with Crippen LogP contribution in [0.25, 0.3) is 0 Å². The molecular weight excluding hydrogens is 322 g/mol. The molecule has 2 rings (SSSR count). The van der Waals surface area contributed by atoms with Crippen LogP contribution in [0.4, 0.5) is 5.69 Å². The summed E-state index contributed by atoms with van der Waals surface area (Å²) < 4.78 is 6.37. The van der Waals surface area contributed by atoms with Crippen LogP contribution >= 0.6 is 0 Å². The summed E-state index contributed by atoms with van der Waals surface area (Å²) in [5.41, 5.74) is 0.824. The van der Waals surface area contributed by atoms with Gasteiger partial charge in [-0.25, -0.2) is 9.48 Å². The Bertz CT molecular complexity index is 810. The van der Waals surface area contributed by atoms with E-state index >= 15 is 0 Å². The number of hydrogen-bond donors (Lipinski definition) is 1. The van der Waals surface area contributed by atoms with Crippen LogP contribution < -0.4 is 10.9 Å². The molecule has 0 fully saturated rings. The highest BCUT2D eigenvalue weighted by Crippen LogP contribution is 2.12. The number of aryl methyl sites for hydroxylation is 1. The average molecular weight is 343 g/mol. The van der Waals surface area contributed by atoms with Gasteiger partial charge in [0.2, 0.25) is 0 Å². The Morgan fingerprint density at radius 2 is 1.84 bits per heavy atom. The molecule has 1 aromatic carbocycles. The largest absolute Gasteiger partial charge is 0.459 e. The normalized spacial score (nSPS) is 10.6. The van der Waals surface area contributed by atoms with Crippen LogP contribution in [0.1, 0.15) is 48.0 Å². The number of rotatable bonds is 6. The fourth-order valence-corrected chi connectivity index (χ4v) is 2.11. The number of carbonyl (C=O) groups excluding carboxylic acids is 2. The van der Waals surface area contributed by atoms with Crippen molar-refractivity contribution in [2.75, 3.05) is 5.32 Å². The highest BCUT2D eigenvalue weighted by Gasteiger charge is 2.12. The van der Waals surface area contributed by atoms with Gasteiger partial charge >= 0.3 is 5.97 Å². The zero-order valence-corrected chi connectivity index (χ0v) is 14.5. The van der Waals surface area contributed by atoms with Crippen molar-refractivity contribution >= 4 is 17.6 Å². The molecule has 0 aliphatic rings. The summed E-state index contributed by atoms with van der Waals surface area (Å²) in [5.74, 6) is -0.844. The molecule has 0 radical (unpaired) electrons. The van der Waals surface area contributed by atoms with Crippen molar-refractivity contribution < 1.29 is 14.3 Å². The van der Waals surface area contributed by atoms with Crippen molar-refractivity contribution in [2.24, 2.45) is 0 Å². The summed E-state index contributed by atoms with van der Waals surface area (Å²) in [7, 11) is 0. The Labute approximate surface area is 145 Å². The minimum Gasteiger partial charge on any atom is -0.459 e. The van der Waals surface area contributed by atoms with Gasteiger partial charge in [0.1, 0.15) is 5.69 Å². The van der Waals surface area contributed by atoms with E-state index in [2.05, 4.69) is 10.4 Å². The number of benzene rings is 1. The number of ether oxygens (including phenoxy) is 1. The van der Waals surface area contributed by atoms with Gasteiger partial charge in [0.25, 0.3) is 11.5 Å². The molecule has 0 atom stereocenters. The molecule has 2 aromatic rings. The number of anilines is 1. The van der Waals surface area contributed by atoms with E-state index in [0.717, 1.165) is 6.42 Å². The predicted molar refractivity (Wildman–Crippen MR) is 93.7 cm³/mol. The van der Waals surface area contributed by atoms with E-state index in [1.165, 1.54) is 16.8 Å². The molecule has 7 nitrogen and oxygen atoms in total. The molecule has 7 heteroatoms. The molecule has 25 heavy (non-hydrogen) atoms. The maximum atomic E-state index is 12.3. The third-order valence-corrected chi connectivity index (χ3v) is 3.26. The molecule has 1 heterocycles. The van der Waals surface area contributed by atoms with E-state index in [1.54, 1.807) is 38.1 Å². The predicted octanol–water partition coefficient (Wildman–Crippen LogP) is 2.47. The summed E-state index contributed by atoms with van der Waals surface area (Å²) in [4.78, 5) is 35.7. The molecule has 0 bridgehead atoms.